The maximum Gasteiger partial charge on any atom is 0.266 e. The number of methoxy groups -OCH3 is 1. The van der Waals surface area contributed by atoms with Crippen LogP contribution < -0.4 is 5.56 Å². The zero-order valence-corrected chi connectivity index (χ0v) is 9.23. The van der Waals surface area contributed by atoms with Gasteiger partial charge in [0, 0.05) is 13.2 Å². The van der Waals surface area contributed by atoms with Crippen molar-refractivity contribution < 1.29 is 9.84 Å². The van der Waals surface area contributed by atoms with Gasteiger partial charge in [-0.15, -0.1) is 0 Å². The molecule has 0 unspecified atom stereocenters. The Hall–Kier alpha value is -1.20. The summed E-state index contributed by atoms with van der Waals surface area (Å²) in [6.45, 7) is 4.06. The van der Waals surface area contributed by atoms with Gasteiger partial charge >= 0.3 is 0 Å². The molecule has 0 radical (unpaired) electrons. The lowest BCUT2D eigenvalue weighted by Gasteiger charge is -2.17. The molecule has 1 N–H and O–H groups in total. The highest BCUT2D eigenvalue weighted by Gasteiger charge is 2.18. The second-order valence-corrected chi connectivity index (χ2v) is 3.83. The molecule has 0 spiro atoms. The summed E-state index contributed by atoms with van der Waals surface area (Å²) in [7, 11) is 1.56. The molecule has 5 heteroatoms. The first-order valence-electron chi connectivity index (χ1n) is 4.75. The Morgan fingerprint density at radius 3 is 2.73 bits per heavy atom. The van der Waals surface area contributed by atoms with Crippen LogP contribution in [0.2, 0.25) is 0 Å². The highest BCUT2D eigenvalue weighted by atomic mass is 16.5. The van der Waals surface area contributed by atoms with Crippen LogP contribution in [0.3, 0.4) is 0 Å². The fourth-order valence-corrected chi connectivity index (χ4v) is 1.11. The summed E-state index contributed by atoms with van der Waals surface area (Å²) >= 11 is 0. The van der Waals surface area contributed by atoms with Crippen molar-refractivity contribution in [2.45, 2.75) is 26.0 Å². The fraction of sp³-hybridized carbons (Fsp3) is 0.600. The van der Waals surface area contributed by atoms with Crippen molar-refractivity contribution in [2.75, 3.05) is 13.7 Å². The van der Waals surface area contributed by atoms with Gasteiger partial charge in [-0.25, -0.2) is 4.68 Å². The van der Waals surface area contributed by atoms with Crippen LogP contribution in [0, 0.1) is 0 Å². The lowest BCUT2D eigenvalue weighted by molar-refractivity contribution is 0.0708. The van der Waals surface area contributed by atoms with E-state index in [0.29, 0.717) is 18.8 Å². The number of aliphatic hydroxyl groups is 1. The van der Waals surface area contributed by atoms with Crippen LogP contribution in [0.5, 0.6) is 0 Å². The predicted octanol–water partition coefficient (Wildman–Crippen LogP) is 0.117. The van der Waals surface area contributed by atoms with E-state index in [4.69, 9.17) is 4.74 Å². The zero-order chi connectivity index (χ0) is 11.5. The van der Waals surface area contributed by atoms with Gasteiger partial charge in [-0.3, -0.25) is 4.79 Å². The molecule has 0 bridgehead atoms. The van der Waals surface area contributed by atoms with Crippen molar-refractivity contribution in [2.24, 2.45) is 0 Å². The molecule has 1 rings (SSSR count). The van der Waals surface area contributed by atoms with Crippen molar-refractivity contribution in [3.05, 3.63) is 28.2 Å². The first kappa shape index (κ1) is 11.9. The van der Waals surface area contributed by atoms with Gasteiger partial charge in [-0.1, -0.05) is 0 Å². The summed E-state index contributed by atoms with van der Waals surface area (Å²) < 4.78 is 6.15. The highest BCUT2D eigenvalue weighted by molar-refractivity contribution is 5.07. The van der Waals surface area contributed by atoms with E-state index >= 15 is 0 Å². The van der Waals surface area contributed by atoms with Gasteiger partial charge in [0.05, 0.1) is 18.8 Å². The molecule has 0 fully saturated rings. The lowest BCUT2D eigenvalue weighted by atomic mass is 10.1. The van der Waals surface area contributed by atoms with Gasteiger partial charge in [-0.05, 0) is 19.9 Å². The molecule has 0 aliphatic heterocycles. The smallest absolute Gasteiger partial charge is 0.266 e. The number of rotatable bonds is 4. The first-order valence-corrected chi connectivity index (χ1v) is 4.75. The second-order valence-electron chi connectivity index (χ2n) is 3.83. The molecule has 1 aromatic heterocycles. The van der Waals surface area contributed by atoms with Crippen LogP contribution in [-0.2, 0) is 16.9 Å². The van der Waals surface area contributed by atoms with E-state index < -0.39 is 5.60 Å². The lowest BCUT2D eigenvalue weighted by Crippen LogP contribution is -2.29. The minimum atomic E-state index is -1.04. The van der Waals surface area contributed by atoms with E-state index in [1.54, 1.807) is 21.0 Å². The third-order valence-corrected chi connectivity index (χ3v) is 2.00. The maximum absolute atomic E-state index is 11.4. The van der Waals surface area contributed by atoms with E-state index in [0.717, 1.165) is 0 Å². The number of nitrogens with zero attached hydrogens (tertiary/aromatic N) is 2. The average molecular weight is 212 g/mol. The molecule has 0 aliphatic rings. The topological polar surface area (TPSA) is 64.3 Å². The minimum Gasteiger partial charge on any atom is -0.384 e. The van der Waals surface area contributed by atoms with Crippen LogP contribution in [0.1, 0.15) is 19.5 Å². The van der Waals surface area contributed by atoms with Crippen LogP contribution >= 0.6 is 0 Å². The molecular weight excluding hydrogens is 196 g/mol. The molecule has 0 aromatic carbocycles. The summed E-state index contributed by atoms with van der Waals surface area (Å²) in [4.78, 5) is 11.4. The van der Waals surface area contributed by atoms with E-state index in [1.807, 2.05) is 0 Å². The summed E-state index contributed by atoms with van der Waals surface area (Å²) in [5.41, 5.74) is -0.763. The van der Waals surface area contributed by atoms with E-state index in [2.05, 4.69) is 5.10 Å². The molecule has 0 saturated carbocycles. The zero-order valence-electron chi connectivity index (χ0n) is 9.23. The summed E-state index contributed by atoms with van der Waals surface area (Å²) in [6, 6.07) is 2.93. The average Bonchev–Trinajstić information content (AvgIpc) is 2.15. The SMILES string of the molecule is COCCn1nc(C(C)(C)O)ccc1=O. The molecule has 1 heterocycles. The largest absolute Gasteiger partial charge is 0.384 e. The van der Waals surface area contributed by atoms with Gasteiger partial charge in [0.2, 0.25) is 0 Å². The van der Waals surface area contributed by atoms with Crippen molar-refractivity contribution >= 4 is 0 Å². The van der Waals surface area contributed by atoms with Crippen LogP contribution in [-0.4, -0.2) is 28.6 Å². The molecular formula is C10H16N2O3. The van der Waals surface area contributed by atoms with E-state index in [1.165, 1.54) is 16.8 Å². The second kappa shape index (κ2) is 4.55. The Labute approximate surface area is 88.3 Å². The molecule has 0 aliphatic carbocycles. The molecule has 0 atom stereocenters. The van der Waals surface area contributed by atoms with Crippen molar-refractivity contribution in [1.82, 2.24) is 9.78 Å². The molecule has 84 valence electrons. The van der Waals surface area contributed by atoms with Gasteiger partial charge < -0.3 is 9.84 Å². The van der Waals surface area contributed by atoms with E-state index in [-0.39, 0.29) is 5.56 Å². The third-order valence-electron chi connectivity index (χ3n) is 2.00. The summed E-state index contributed by atoms with van der Waals surface area (Å²) in [5, 5.41) is 13.8. The monoisotopic (exact) mass is 212 g/mol. The molecule has 5 nitrogen and oxygen atoms in total. The van der Waals surface area contributed by atoms with Crippen molar-refractivity contribution in [3.8, 4) is 0 Å². The van der Waals surface area contributed by atoms with Gasteiger partial charge in [0.1, 0.15) is 5.60 Å². The predicted molar refractivity (Wildman–Crippen MR) is 55.6 cm³/mol. The Bertz CT molecular complexity index is 379. The summed E-state index contributed by atoms with van der Waals surface area (Å²) in [5.74, 6) is 0. The third kappa shape index (κ3) is 3.14. The fourth-order valence-electron chi connectivity index (χ4n) is 1.11. The Balaban J connectivity index is 3.01. The normalized spacial score (nSPS) is 11.7. The quantitative estimate of drug-likeness (QED) is 0.769. The molecule has 1 aromatic rings. The van der Waals surface area contributed by atoms with Gasteiger partial charge in [0.15, 0.2) is 0 Å². The van der Waals surface area contributed by atoms with Crippen LogP contribution in [0.15, 0.2) is 16.9 Å². The molecule has 0 amide bonds. The standard InChI is InChI=1S/C10H16N2O3/c1-10(2,14)8-4-5-9(13)12(11-8)6-7-15-3/h4-5,14H,6-7H2,1-3H3. The molecule has 0 saturated heterocycles. The highest BCUT2D eigenvalue weighted by Crippen LogP contribution is 2.14. The van der Waals surface area contributed by atoms with Crippen molar-refractivity contribution in [3.63, 3.8) is 0 Å². The number of ether oxygens (including phenoxy) is 1. The number of hydrogen-bond acceptors (Lipinski definition) is 4. The maximum atomic E-state index is 11.4. The Kier molecular flexibility index (Phi) is 3.60. The van der Waals surface area contributed by atoms with E-state index in [9.17, 15) is 9.90 Å². The van der Waals surface area contributed by atoms with Gasteiger partial charge in [0.25, 0.3) is 5.56 Å². The first-order chi connectivity index (χ1) is 6.95. The number of hydrogen-bond donors (Lipinski definition) is 1. The Morgan fingerprint density at radius 1 is 1.53 bits per heavy atom. The number of aromatic nitrogens is 2. The minimum absolute atomic E-state index is 0.194. The van der Waals surface area contributed by atoms with Gasteiger partial charge in [-0.2, -0.15) is 5.10 Å². The summed E-state index contributed by atoms with van der Waals surface area (Å²) in [6.07, 6.45) is 0. The van der Waals surface area contributed by atoms with Crippen LogP contribution in [0.4, 0.5) is 0 Å². The van der Waals surface area contributed by atoms with Crippen LogP contribution in [0.25, 0.3) is 0 Å². The van der Waals surface area contributed by atoms with Crippen molar-refractivity contribution in [1.29, 1.82) is 0 Å². The molecule has 15 heavy (non-hydrogen) atoms. The Morgan fingerprint density at radius 2 is 2.20 bits per heavy atom.